The number of anilines is 1. The highest BCUT2D eigenvalue weighted by molar-refractivity contribution is 6.01. The van der Waals surface area contributed by atoms with Gasteiger partial charge < -0.3 is 15.0 Å². The zero-order chi connectivity index (χ0) is 21.1. The number of hydrogen-bond donors (Lipinski definition) is 1. The minimum Gasteiger partial charge on any atom is -0.497 e. The Labute approximate surface area is 174 Å². The Morgan fingerprint density at radius 1 is 1.03 bits per heavy atom. The highest BCUT2D eigenvalue weighted by atomic mass is 16.6. The number of nitrogens with one attached hydrogen (secondary N) is 1. The smallest absolute Gasteiger partial charge is 0.276 e. The van der Waals surface area contributed by atoms with Gasteiger partial charge in [-0.2, -0.15) is 0 Å². The van der Waals surface area contributed by atoms with E-state index in [0.717, 1.165) is 11.3 Å². The molecule has 4 rings (SSSR count). The number of nitrogens with zero attached hydrogens (tertiary/aromatic N) is 2. The van der Waals surface area contributed by atoms with Crippen LogP contribution in [-0.2, 0) is 6.42 Å². The quantitative estimate of drug-likeness (QED) is 0.487. The summed E-state index contributed by atoms with van der Waals surface area (Å²) in [5, 5.41) is 14.9. The van der Waals surface area contributed by atoms with Gasteiger partial charge in [0.25, 0.3) is 11.6 Å². The highest BCUT2D eigenvalue weighted by Crippen LogP contribution is 2.36. The fourth-order valence-electron chi connectivity index (χ4n) is 3.70. The number of benzene rings is 3. The molecular formula is C23H21N3O4. The first kappa shape index (κ1) is 19.4. The van der Waals surface area contributed by atoms with Gasteiger partial charge >= 0.3 is 0 Å². The van der Waals surface area contributed by atoms with Crippen molar-refractivity contribution in [2.45, 2.75) is 12.6 Å². The van der Waals surface area contributed by atoms with Crippen molar-refractivity contribution in [1.82, 2.24) is 4.90 Å². The summed E-state index contributed by atoms with van der Waals surface area (Å²) in [6, 6.07) is 21.4. The van der Waals surface area contributed by atoms with E-state index >= 15 is 0 Å². The molecule has 7 nitrogen and oxygen atoms in total. The SMILES string of the molecule is COc1ccc(CCN2C(=O)c3ccccc3N[C@@H]2c2ccccc2[N+](=O)[O-])cc1. The third-order valence-corrected chi connectivity index (χ3v) is 5.25. The minimum atomic E-state index is -0.632. The lowest BCUT2D eigenvalue weighted by Gasteiger charge is -2.38. The van der Waals surface area contributed by atoms with Crippen molar-refractivity contribution in [3.63, 3.8) is 0 Å². The Hall–Kier alpha value is -3.87. The first-order chi connectivity index (χ1) is 14.6. The summed E-state index contributed by atoms with van der Waals surface area (Å²) in [7, 11) is 1.61. The zero-order valence-corrected chi connectivity index (χ0v) is 16.4. The molecule has 0 radical (unpaired) electrons. The molecule has 0 saturated carbocycles. The lowest BCUT2D eigenvalue weighted by Crippen LogP contribution is -2.44. The largest absolute Gasteiger partial charge is 0.497 e. The fourth-order valence-corrected chi connectivity index (χ4v) is 3.70. The van der Waals surface area contributed by atoms with E-state index in [-0.39, 0.29) is 11.6 Å². The molecule has 0 saturated heterocycles. The van der Waals surface area contributed by atoms with Crippen molar-refractivity contribution in [2.75, 3.05) is 19.0 Å². The molecule has 152 valence electrons. The number of fused-ring (bicyclic) bond motifs is 1. The second-order valence-corrected chi connectivity index (χ2v) is 7.01. The maximum absolute atomic E-state index is 13.3. The number of amides is 1. The fraction of sp³-hybridized carbons (Fsp3) is 0.174. The summed E-state index contributed by atoms with van der Waals surface area (Å²) in [6.07, 6.45) is -0.0243. The third-order valence-electron chi connectivity index (χ3n) is 5.25. The van der Waals surface area contributed by atoms with Gasteiger partial charge in [0, 0.05) is 18.3 Å². The van der Waals surface area contributed by atoms with Crippen molar-refractivity contribution >= 4 is 17.3 Å². The molecule has 1 atom stereocenters. The predicted octanol–water partition coefficient (Wildman–Crippen LogP) is 4.41. The van der Waals surface area contributed by atoms with E-state index in [0.29, 0.717) is 29.8 Å². The van der Waals surface area contributed by atoms with E-state index in [1.165, 1.54) is 6.07 Å². The number of hydrogen-bond acceptors (Lipinski definition) is 5. The summed E-state index contributed by atoms with van der Waals surface area (Å²) in [5.74, 6) is 0.613. The first-order valence-electron chi connectivity index (χ1n) is 9.61. The summed E-state index contributed by atoms with van der Waals surface area (Å²) in [6.45, 7) is 0.406. The van der Waals surface area contributed by atoms with E-state index in [1.807, 2.05) is 42.5 Å². The monoisotopic (exact) mass is 403 g/mol. The lowest BCUT2D eigenvalue weighted by molar-refractivity contribution is -0.385. The Morgan fingerprint density at radius 2 is 1.73 bits per heavy atom. The van der Waals surface area contributed by atoms with Gasteiger partial charge in [-0.25, -0.2) is 0 Å². The average molecular weight is 403 g/mol. The number of nitro benzene ring substituents is 1. The van der Waals surface area contributed by atoms with Crippen molar-refractivity contribution < 1.29 is 14.5 Å². The summed E-state index contributed by atoms with van der Waals surface area (Å²) >= 11 is 0. The molecule has 0 spiro atoms. The standard InChI is InChI=1S/C23H21N3O4/c1-30-17-12-10-16(11-13-17)14-15-25-22(19-7-3-5-9-21(19)26(28)29)24-20-8-4-2-6-18(20)23(25)27/h2-13,22,24H,14-15H2,1H3/t22-/m0/s1. The van der Waals surface area contributed by atoms with Crippen molar-refractivity contribution in [3.05, 3.63) is 99.6 Å². The van der Waals surface area contributed by atoms with Crippen molar-refractivity contribution in [3.8, 4) is 5.75 Å². The summed E-state index contributed by atoms with van der Waals surface area (Å²) in [4.78, 5) is 26.1. The highest BCUT2D eigenvalue weighted by Gasteiger charge is 2.35. The summed E-state index contributed by atoms with van der Waals surface area (Å²) < 4.78 is 5.19. The van der Waals surface area contributed by atoms with Gasteiger partial charge in [-0.3, -0.25) is 14.9 Å². The third kappa shape index (κ3) is 3.69. The van der Waals surface area contributed by atoms with Gasteiger partial charge in [-0.15, -0.1) is 0 Å². The molecular weight excluding hydrogens is 382 g/mol. The predicted molar refractivity (Wildman–Crippen MR) is 114 cm³/mol. The van der Waals surface area contributed by atoms with E-state index in [4.69, 9.17) is 4.74 Å². The van der Waals surface area contributed by atoms with Gasteiger partial charge in [0.1, 0.15) is 11.9 Å². The number of methoxy groups -OCH3 is 1. The topological polar surface area (TPSA) is 84.7 Å². The average Bonchev–Trinajstić information content (AvgIpc) is 2.78. The van der Waals surface area contributed by atoms with Crippen LogP contribution in [0, 0.1) is 10.1 Å². The van der Waals surface area contributed by atoms with Crippen molar-refractivity contribution in [2.24, 2.45) is 0 Å². The molecule has 3 aromatic carbocycles. The van der Waals surface area contributed by atoms with Crippen LogP contribution in [0.3, 0.4) is 0 Å². The van der Waals surface area contributed by atoms with Crippen LogP contribution >= 0.6 is 0 Å². The van der Waals surface area contributed by atoms with E-state index < -0.39 is 11.1 Å². The number of carbonyl (C=O) groups excluding carboxylic acids is 1. The molecule has 0 aliphatic carbocycles. The van der Waals surface area contributed by atoms with Crippen LogP contribution in [0.15, 0.2) is 72.8 Å². The Morgan fingerprint density at radius 3 is 2.47 bits per heavy atom. The normalized spacial score (nSPS) is 15.3. The number of carbonyl (C=O) groups is 1. The van der Waals surface area contributed by atoms with Crippen LogP contribution in [0.2, 0.25) is 0 Å². The molecule has 1 amide bonds. The van der Waals surface area contributed by atoms with Gasteiger partial charge in [-0.1, -0.05) is 36.4 Å². The molecule has 0 aromatic heterocycles. The van der Waals surface area contributed by atoms with Crippen LogP contribution in [0.25, 0.3) is 0 Å². The van der Waals surface area contributed by atoms with Crippen LogP contribution in [0.5, 0.6) is 5.75 Å². The second kappa shape index (κ2) is 8.24. The Kier molecular flexibility index (Phi) is 5.34. The molecule has 0 bridgehead atoms. The molecule has 0 unspecified atom stereocenters. The van der Waals surface area contributed by atoms with Crippen LogP contribution in [-0.4, -0.2) is 29.4 Å². The number of rotatable bonds is 6. The van der Waals surface area contributed by atoms with E-state index in [2.05, 4.69) is 5.32 Å². The molecule has 30 heavy (non-hydrogen) atoms. The van der Waals surface area contributed by atoms with E-state index in [9.17, 15) is 14.9 Å². The molecule has 0 fully saturated rings. The molecule has 3 aromatic rings. The molecule has 1 heterocycles. The van der Waals surface area contributed by atoms with Crippen LogP contribution in [0.4, 0.5) is 11.4 Å². The van der Waals surface area contributed by atoms with Crippen molar-refractivity contribution in [1.29, 1.82) is 0 Å². The van der Waals surface area contributed by atoms with Gasteiger partial charge in [0.15, 0.2) is 0 Å². The minimum absolute atomic E-state index is 0.0170. The number of ether oxygens (including phenoxy) is 1. The number of para-hydroxylation sites is 2. The summed E-state index contributed by atoms with van der Waals surface area (Å²) in [5.41, 5.74) is 2.72. The number of nitro groups is 1. The Balaban J connectivity index is 1.69. The van der Waals surface area contributed by atoms with Crippen LogP contribution in [0.1, 0.15) is 27.7 Å². The molecule has 1 aliphatic heterocycles. The van der Waals surface area contributed by atoms with Gasteiger partial charge in [0.2, 0.25) is 0 Å². The lowest BCUT2D eigenvalue weighted by atomic mass is 10.0. The molecule has 1 N–H and O–H groups in total. The van der Waals surface area contributed by atoms with Gasteiger partial charge in [-0.05, 0) is 42.3 Å². The maximum atomic E-state index is 13.3. The van der Waals surface area contributed by atoms with Gasteiger partial charge in [0.05, 0.1) is 23.2 Å². The maximum Gasteiger partial charge on any atom is 0.276 e. The second-order valence-electron chi connectivity index (χ2n) is 7.01. The molecule has 7 heteroatoms. The van der Waals surface area contributed by atoms with Crippen LogP contribution < -0.4 is 10.1 Å². The first-order valence-corrected chi connectivity index (χ1v) is 9.61. The zero-order valence-electron chi connectivity index (χ0n) is 16.4. The Bertz CT molecular complexity index is 1080. The molecule has 1 aliphatic rings. The van der Waals surface area contributed by atoms with E-state index in [1.54, 1.807) is 36.3 Å².